The minimum absolute atomic E-state index is 0.0482. The van der Waals surface area contributed by atoms with Crippen LogP contribution in [0.1, 0.15) is 16.0 Å². The van der Waals surface area contributed by atoms with Crippen LogP contribution in [0.5, 0.6) is 0 Å². The summed E-state index contributed by atoms with van der Waals surface area (Å²) in [5, 5.41) is 2.73. The van der Waals surface area contributed by atoms with Gasteiger partial charge in [0.1, 0.15) is 0 Å². The number of thiazole rings is 1. The highest BCUT2D eigenvalue weighted by Gasteiger charge is 2.21. The first kappa shape index (κ1) is 16.9. The van der Waals surface area contributed by atoms with Crippen LogP contribution in [0.15, 0.2) is 60.2 Å². The average Bonchev–Trinajstić information content (AvgIpc) is 3.29. The van der Waals surface area contributed by atoms with Gasteiger partial charge in [-0.2, -0.15) is 0 Å². The molecule has 0 N–H and O–H groups in total. The second kappa shape index (κ2) is 7.35. The molecule has 0 radical (unpaired) electrons. The Bertz CT molecular complexity index is 1030. The van der Waals surface area contributed by atoms with Crippen LogP contribution in [-0.4, -0.2) is 15.9 Å². The van der Waals surface area contributed by atoms with Crippen molar-refractivity contribution in [2.45, 2.75) is 19.9 Å². The number of rotatable bonds is 5. The van der Waals surface area contributed by atoms with Gasteiger partial charge in [-0.05, 0) is 47.7 Å². The first-order valence-corrected chi connectivity index (χ1v) is 9.97. The van der Waals surface area contributed by atoms with E-state index in [2.05, 4.69) is 18.0 Å². The Morgan fingerprint density at radius 1 is 1.19 bits per heavy atom. The maximum atomic E-state index is 13.0. The van der Waals surface area contributed by atoms with Gasteiger partial charge in [-0.25, -0.2) is 4.98 Å². The zero-order valence-corrected chi connectivity index (χ0v) is 15.9. The Hall–Kier alpha value is -2.57. The molecule has 0 saturated carbocycles. The van der Waals surface area contributed by atoms with E-state index in [1.807, 2.05) is 41.8 Å². The van der Waals surface area contributed by atoms with Gasteiger partial charge in [0.05, 0.1) is 23.2 Å². The molecule has 0 atom stereocenters. The van der Waals surface area contributed by atoms with Crippen molar-refractivity contribution in [2.75, 3.05) is 4.90 Å². The molecule has 4 aromatic rings. The fraction of sp³-hybridized carbons (Fsp3) is 0.150. The number of carbonyl (C=O) groups excluding carboxylic acids is 1. The van der Waals surface area contributed by atoms with E-state index in [4.69, 9.17) is 4.98 Å². The number of nitrogens with zero attached hydrogens (tertiary/aromatic N) is 3. The highest BCUT2D eigenvalue weighted by Crippen LogP contribution is 2.31. The molecule has 0 bridgehead atoms. The van der Waals surface area contributed by atoms with Crippen molar-refractivity contribution in [2.24, 2.45) is 0 Å². The molecule has 0 fully saturated rings. The van der Waals surface area contributed by atoms with Gasteiger partial charge < -0.3 is 0 Å². The molecule has 0 unspecified atom stereocenters. The maximum Gasteiger partial charge on any atom is 0.234 e. The van der Waals surface area contributed by atoms with Crippen molar-refractivity contribution in [3.8, 4) is 0 Å². The van der Waals surface area contributed by atoms with E-state index in [-0.39, 0.29) is 5.91 Å². The predicted molar refractivity (Wildman–Crippen MR) is 108 cm³/mol. The smallest absolute Gasteiger partial charge is 0.234 e. The summed E-state index contributed by atoms with van der Waals surface area (Å²) in [5.74, 6) is 0.0482. The third-order valence-corrected chi connectivity index (χ3v) is 5.95. The van der Waals surface area contributed by atoms with Gasteiger partial charge in [-0.3, -0.25) is 14.7 Å². The highest BCUT2D eigenvalue weighted by atomic mass is 32.1. The van der Waals surface area contributed by atoms with E-state index in [9.17, 15) is 4.79 Å². The van der Waals surface area contributed by atoms with E-state index in [0.717, 1.165) is 25.8 Å². The fourth-order valence-electron chi connectivity index (χ4n) is 2.73. The van der Waals surface area contributed by atoms with Crippen LogP contribution in [-0.2, 0) is 17.8 Å². The number of hydrogen-bond donors (Lipinski definition) is 0. The van der Waals surface area contributed by atoms with Crippen LogP contribution in [0.3, 0.4) is 0 Å². The van der Waals surface area contributed by atoms with Crippen molar-refractivity contribution in [3.05, 3.63) is 76.2 Å². The Balaban J connectivity index is 1.69. The maximum absolute atomic E-state index is 13.0. The summed E-state index contributed by atoms with van der Waals surface area (Å²) in [6.07, 6.45) is 3.91. The van der Waals surface area contributed by atoms with E-state index in [1.54, 1.807) is 40.0 Å². The molecule has 130 valence electrons. The van der Waals surface area contributed by atoms with Gasteiger partial charge in [0, 0.05) is 17.3 Å². The average molecular weight is 380 g/mol. The van der Waals surface area contributed by atoms with E-state index < -0.39 is 0 Å². The van der Waals surface area contributed by atoms with Crippen LogP contribution in [0.2, 0.25) is 0 Å². The molecule has 0 aliphatic rings. The Labute approximate surface area is 159 Å². The summed E-state index contributed by atoms with van der Waals surface area (Å²) in [4.78, 5) is 24.7. The molecule has 0 spiro atoms. The zero-order valence-electron chi connectivity index (χ0n) is 14.3. The fourth-order valence-corrected chi connectivity index (χ4v) is 4.51. The molecule has 26 heavy (non-hydrogen) atoms. The quantitative estimate of drug-likeness (QED) is 0.499. The lowest BCUT2D eigenvalue weighted by atomic mass is 10.2. The first-order chi connectivity index (χ1) is 12.7. The van der Waals surface area contributed by atoms with Gasteiger partial charge in [0.25, 0.3) is 0 Å². The van der Waals surface area contributed by atoms with E-state index in [0.29, 0.717) is 13.0 Å². The lowest BCUT2D eigenvalue weighted by Crippen LogP contribution is -2.31. The number of aromatic nitrogens is 2. The Kier molecular flexibility index (Phi) is 4.77. The molecule has 6 heteroatoms. The van der Waals surface area contributed by atoms with Gasteiger partial charge in [0.2, 0.25) is 5.91 Å². The van der Waals surface area contributed by atoms with E-state index in [1.165, 1.54) is 5.56 Å². The van der Waals surface area contributed by atoms with Crippen molar-refractivity contribution in [1.29, 1.82) is 0 Å². The van der Waals surface area contributed by atoms with Gasteiger partial charge in [-0.1, -0.05) is 29.5 Å². The second-order valence-corrected chi connectivity index (χ2v) is 8.11. The highest BCUT2D eigenvalue weighted by molar-refractivity contribution is 7.22. The SMILES string of the molecule is Cc1ccc2nc(N(Cc3cccnc3)C(=O)Cc3cccs3)sc2c1. The lowest BCUT2D eigenvalue weighted by molar-refractivity contribution is -0.118. The standard InChI is InChI=1S/C20H17N3OS2/c1-14-6-7-17-18(10-14)26-20(22-17)23(13-15-4-2-8-21-12-15)19(24)11-16-5-3-9-25-16/h2-10,12H,11,13H2,1H3. The largest absolute Gasteiger partial charge is 0.283 e. The molecular formula is C20H17N3OS2. The first-order valence-electron chi connectivity index (χ1n) is 8.28. The van der Waals surface area contributed by atoms with Crippen LogP contribution in [0.25, 0.3) is 10.2 Å². The van der Waals surface area contributed by atoms with Crippen molar-refractivity contribution in [1.82, 2.24) is 9.97 Å². The molecule has 1 amide bonds. The van der Waals surface area contributed by atoms with Crippen molar-refractivity contribution < 1.29 is 4.79 Å². The summed E-state index contributed by atoms with van der Waals surface area (Å²) in [6, 6.07) is 14.0. The number of fused-ring (bicyclic) bond motifs is 1. The van der Waals surface area contributed by atoms with Crippen LogP contribution in [0, 0.1) is 6.92 Å². The number of carbonyl (C=O) groups is 1. The molecule has 0 aliphatic carbocycles. The minimum atomic E-state index is 0.0482. The third kappa shape index (κ3) is 3.66. The molecular weight excluding hydrogens is 362 g/mol. The zero-order chi connectivity index (χ0) is 17.9. The van der Waals surface area contributed by atoms with Crippen molar-refractivity contribution >= 4 is 43.9 Å². The Morgan fingerprint density at radius 2 is 2.12 bits per heavy atom. The molecule has 3 heterocycles. The van der Waals surface area contributed by atoms with Gasteiger partial charge in [0.15, 0.2) is 5.13 Å². The lowest BCUT2D eigenvalue weighted by Gasteiger charge is -2.19. The molecule has 0 saturated heterocycles. The monoisotopic (exact) mass is 379 g/mol. The summed E-state index contributed by atoms with van der Waals surface area (Å²) < 4.78 is 1.10. The number of anilines is 1. The summed E-state index contributed by atoms with van der Waals surface area (Å²) >= 11 is 3.16. The molecule has 1 aromatic carbocycles. The predicted octanol–water partition coefficient (Wildman–Crippen LogP) is 4.84. The normalized spacial score (nSPS) is 11.0. The second-order valence-electron chi connectivity index (χ2n) is 6.06. The summed E-state index contributed by atoms with van der Waals surface area (Å²) in [5.41, 5.74) is 3.11. The molecule has 3 aromatic heterocycles. The number of pyridine rings is 1. The third-order valence-electron chi connectivity index (χ3n) is 4.03. The molecule has 4 rings (SSSR count). The number of amides is 1. The number of benzene rings is 1. The minimum Gasteiger partial charge on any atom is -0.283 e. The van der Waals surface area contributed by atoms with Crippen LogP contribution in [0.4, 0.5) is 5.13 Å². The van der Waals surface area contributed by atoms with Crippen LogP contribution < -0.4 is 4.90 Å². The summed E-state index contributed by atoms with van der Waals surface area (Å²) in [6.45, 7) is 2.53. The molecule has 4 nitrogen and oxygen atoms in total. The van der Waals surface area contributed by atoms with Gasteiger partial charge in [-0.15, -0.1) is 11.3 Å². The van der Waals surface area contributed by atoms with Gasteiger partial charge >= 0.3 is 0 Å². The van der Waals surface area contributed by atoms with Crippen molar-refractivity contribution in [3.63, 3.8) is 0 Å². The number of hydrogen-bond acceptors (Lipinski definition) is 5. The number of thiophene rings is 1. The topological polar surface area (TPSA) is 46.1 Å². The molecule has 0 aliphatic heterocycles. The Morgan fingerprint density at radius 3 is 2.88 bits per heavy atom. The van der Waals surface area contributed by atoms with Crippen LogP contribution >= 0.6 is 22.7 Å². The van der Waals surface area contributed by atoms with E-state index >= 15 is 0 Å². The number of aryl methyl sites for hydroxylation is 1. The summed E-state index contributed by atoms with van der Waals surface area (Å²) in [7, 11) is 0.